The van der Waals surface area contributed by atoms with Gasteiger partial charge >= 0.3 is 5.97 Å². The number of nitro benzene ring substituents is 1. The Kier molecular flexibility index (Phi) is 12.4. The zero-order chi connectivity index (χ0) is 22.5. The number of nitrogens with one attached hydrogen (secondary N) is 3. The SMILES string of the molecule is Cl.N=C(N)NCCC[C@H](NC(=O)c1ccccc1)C(=O)O.Nc1cccc([N+](=O)[O-])c1. The molecule has 11 nitrogen and oxygen atoms in total. The second-order valence-corrected chi connectivity index (χ2v) is 6.07. The van der Waals surface area contributed by atoms with Crippen molar-refractivity contribution in [3.05, 3.63) is 70.3 Å². The molecule has 0 aromatic heterocycles. The average Bonchev–Trinajstić information content (AvgIpc) is 2.71. The number of benzene rings is 2. The number of non-ortho nitro benzene ring substituents is 1. The van der Waals surface area contributed by atoms with E-state index in [-0.39, 0.29) is 30.5 Å². The molecule has 168 valence electrons. The molecule has 1 amide bonds. The van der Waals surface area contributed by atoms with Crippen LogP contribution in [0, 0.1) is 15.5 Å². The normalized spacial score (nSPS) is 10.3. The minimum absolute atomic E-state index is 0. The van der Waals surface area contributed by atoms with Crippen LogP contribution in [0.15, 0.2) is 54.6 Å². The topological polar surface area (TPSA) is 197 Å². The number of anilines is 1. The molecule has 0 fully saturated rings. The number of rotatable bonds is 8. The minimum Gasteiger partial charge on any atom is -0.480 e. The number of aliphatic carboxylic acids is 1. The van der Waals surface area contributed by atoms with E-state index in [0.717, 1.165) is 0 Å². The number of nitrogen functional groups attached to an aromatic ring is 1. The first-order valence-corrected chi connectivity index (χ1v) is 8.87. The van der Waals surface area contributed by atoms with E-state index in [0.29, 0.717) is 24.2 Å². The summed E-state index contributed by atoms with van der Waals surface area (Å²) >= 11 is 0. The van der Waals surface area contributed by atoms with Crippen molar-refractivity contribution in [3.8, 4) is 0 Å². The summed E-state index contributed by atoms with van der Waals surface area (Å²) in [4.78, 5) is 32.6. The molecule has 0 aliphatic rings. The van der Waals surface area contributed by atoms with Gasteiger partial charge in [0, 0.05) is 29.9 Å². The van der Waals surface area contributed by atoms with Crippen molar-refractivity contribution in [1.82, 2.24) is 10.6 Å². The van der Waals surface area contributed by atoms with Gasteiger partial charge < -0.3 is 27.2 Å². The molecule has 12 heteroatoms. The standard InChI is InChI=1S/C13H18N4O3.C6H6N2O2.ClH/c14-13(15)16-8-4-7-10(12(19)20)17-11(18)9-5-2-1-3-6-9;7-5-2-1-3-6(4-5)8(9)10;/h1-3,5-6,10H,4,7-8H2,(H,17,18)(H,19,20)(H4,14,15,16);1-4H,7H2;1H/t10-;;/m0../s1. The lowest BCUT2D eigenvalue weighted by molar-refractivity contribution is -0.384. The van der Waals surface area contributed by atoms with E-state index in [4.69, 9.17) is 22.0 Å². The third kappa shape index (κ3) is 11.0. The molecule has 0 radical (unpaired) electrons. The van der Waals surface area contributed by atoms with Crippen molar-refractivity contribution in [2.75, 3.05) is 12.3 Å². The van der Waals surface area contributed by atoms with Gasteiger partial charge in [0.05, 0.1) is 4.92 Å². The molecule has 0 aliphatic heterocycles. The molecule has 0 saturated carbocycles. The smallest absolute Gasteiger partial charge is 0.326 e. The highest BCUT2D eigenvalue weighted by atomic mass is 35.5. The van der Waals surface area contributed by atoms with Gasteiger partial charge in [-0.05, 0) is 31.0 Å². The van der Waals surface area contributed by atoms with Crippen LogP contribution in [0.5, 0.6) is 0 Å². The molecular weight excluding hydrogens is 428 g/mol. The molecular formula is C19H25ClN6O5. The second kappa shape index (κ2) is 14.2. The number of carboxylic acid groups (broad SMARTS) is 1. The molecule has 31 heavy (non-hydrogen) atoms. The van der Waals surface area contributed by atoms with Crippen LogP contribution in [0.1, 0.15) is 23.2 Å². The van der Waals surface area contributed by atoms with Gasteiger partial charge in [-0.1, -0.05) is 24.3 Å². The Labute approximate surface area is 184 Å². The van der Waals surface area contributed by atoms with Crippen LogP contribution >= 0.6 is 12.4 Å². The molecule has 0 spiro atoms. The van der Waals surface area contributed by atoms with E-state index in [1.165, 1.54) is 12.1 Å². The van der Waals surface area contributed by atoms with E-state index < -0.39 is 22.8 Å². The lowest BCUT2D eigenvalue weighted by atomic mass is 10.1. The maximum atomic E-state index is 11.9. The first-order chi connectivity index (χ1) is 14.2. The number of amides is 1. The maximum Gasteiger partial charge on any atom is 0.326 e. The number of halogens is 1. The van der Waals surface area contributed by atoms with Crippen LogP contribution in [0.3, 0.4) is 0 Å². The van der Waals surface area contributed by atoms with Gasteiger partial charge in [-0.2, -0.15) is 0 Å². The van der Waals surface area contributed by atoms with Gasteiger partial charge in [0.15, 0.2) is 5.96 Å². The predicted molar refractivity (Wildman–Crippen MR) is 119 cm³/mol. The van der Waals surface area contributed by atoms with Crippen molar-refractivity contribution in [1.29, 1.82) is 5.41 Å². The highest BCUT2D eigenvalue weighted by Crippen LogP contribution is 2.13. The summed E-state index contributed by atoms with van der Waals surface area (Å²) in [7, 11) is 0. The van der Waals surface area contributed by atoms with Gasteiger partial charge in [0.2, 0.25) is 0 Å². The molecule has 2 rings (SSSR count). The van der Waals surface area contributed by atoms with Gasteiger partial charge in [-0.25, -0.2) is 4.79 Å². The number of nitro groups is 1. The molecule has 8 N–H and O–H groups in total. The molecule has 0 unspecified atom stereocenters. The van der Waals surface area contributed by atoms with Crippen molar-refractivity contribution in [3.63, 3.8) is 0 Å². The highest BCUT2D eigenvalue weighted by molar-refractivity contribution is 5.96. The largest absolute Gasteiger partial charge is 0.480 e. The first-order valence-electron chi connectivity index (χ1n) is 8.87. The molecule has 0 aliphatic carbocycles. The zero-order valence-electron chi connectivity index (χ0n) is 16.5. The Balaban J connectivity index is 0.000000688. The third-order valence-electron chi connectivity index (χ3n) is 3.71. The molecule has 0 saturated heterocycles. The average molecular weight is 453 g/mol. The lowest BCUT2D eigenvalue weighted by Gasteiger charge is -2.14. The number of carbonyl (C=O) groups is 2. The Morgan fingerprint density at radius 2 is 1.81 bits per heavy atom. The Morgan fingerprint density at radius 1 is 1.16 bits per heavy atom. The monoisotopic (exact) mass is 452 g/mol. The van der Waals surface area contributed by atoms with Crippen LogP contribution in [-0.2, 0) is 4.79 Å². The lowest BCUT2D eigenvalue weighted by Crippen LogP contribution is -2.41. The summed E-state index contributed by atoms with van der Waals surface area (Å²) in [6.07, 6.45) is 0.736. The predicted octanol–water partition coefficient (Wildman–Crippen LogP) is 1.73. The van der Waals surface area contributed by atoms with Crippen molar-refractivity contribution in [2.24, 2.45) is 5.73 Å². The summed E-state index contributed by atoms with van der Waals surface area (Å²) in [5.74, 6) is -1.67. The summed E-state index contributed by atoms with van der Waals surface area (Å²) in [6, 6.07) is 13.3. The van der Waals surface area contributed by atoms with E-state index in [2.05, 4.69) is 10.6 Å². The summed E-state index contributed by atoms with van der Waals surface area (Å²) < 4.78 is 0. The fourth-order valence-electron chi connectivity index (χ4n) is 2.26. The summed E-state index contributed by atoms with van der Waals surface area (Å²) in [5.41, 5.74) is 11.3. The van der Waals surface area contributed by atoms with Crippen LogP contribution in [0.25, 0.3) is 0 Å². The van der Waals surface area contributed by atoms with Crippen molar-refractivity contribution < 1.29 is 19.6 Å². The number of hydrogen-bond donors (Lipinski definition) is 6. The highest BCUT2D eigenvalue weighted by Gasteiger charge is 2.19. The molecule has 1 atom stereocenters. The maximum absolute atomic E-state index is 11.9. The summed E-state index contributed by atoms with van der Waals surface area (Å²) in [5, 5.41) is 31.2. The van der Waals surface area contributed by atoms with Gasteiger partial charge in [-0.3, -0.25) is 20.3 Å². The number of guanidine groups is 1. The van der Waals surface area contributed by atoms with Gasteiger partial charge in [-0.15, -0.1) is 12.4 Å². The van der Waals surface area contributed by atoms with E-state index in [9.17, 15) is 19.7 Å². The van der Waals surface area contributed by atoms with E-state index in [1.54, 1.807) is 42.5 Å². The summed E-state index contributed by atoms with van der Waals surface area (Å²) in [6.45, 7) is 0.389. The van der Waals surface area contributed by atoms with Crippen molar-refractivity contribution >= 4 is 41.6 Å². The first kappa shape index (κ1) is 27.1. The number of nitrogens with zero attached hydrogens (tertiary/aromatic N) is 1. The quantitative estimate of drug-likeness (QED) is 0.0868. The van der Waals surface area contributed by atoms with Gasteiger partial charge in [0.1, 0.15) is 6.04 Å². The third-order valence-corrected chi connectivity index (χ3v) is 3.71. The minimum atomic E-state index is -1.09. The second-order valence-electron chi connectivity index (χ2n) is 6.07. The van der Waals surface area contributed by atoms with Crippen molar-refractivity contribution in [2.45, 2.75) is 18.9 Å². The number of hydrogen-bond acceptors (Lipinski definition) is 6. The van der Waals surface area contributed by atoms with Crippen LogP contribution in [0.2, 0.25) is 0 Å². The van der Waals surface area contributed by atoms with Crippen LogP contribution in [0.4, 0.5) is 11.4 Å². The number of carboxylic acids is 1. The molecule has 2 aromatic carbocycles. The molecule has 0 heterocycles. The van der Waals surface area contributed by atoms with Crippen LogP contribution < -0.4 is 22.1 Å². The van der Waals surface area contributed by atoms with E-state index in [1.807, 2.05) is 0 Å². The fraction of sp³-hybridized carbons (Fsp3) is 0.211. The Hall–Kier alpha value is -3.86. The van der Waals surface area contributed by atoms with Crippen LogP contribution in [-0.4, -0.2) is 40.5 Å². The molecule has 2 aromatic rings. The van der Waals surface area contributed by atoms with Gasteiger partial charge in [0.25, 0.3) is 11.6 Å². The molecule has 0 bridgehead atoms. The zero-order valence-corrected chi connectivity index (χ0v) is 17.3. The number of nitrogens with two attached hydrogens (primary N) is 2. The fourth-order valence-corrected chi connectivity index (χ4v) is 2.26. The van der Waals surface area contributed by atoms with E-state index >= 15 is 0 Å². The Morgan fingerprint density at radius 3 is 2.29 bits per heavy atom. The number of carbonyl (C=O) groups excluding carboxylic acids is 1. The Bertz CT molecular complexity index is 881.